The van der Waals surface area contributed by atoms with Crippen LogP contribution in [0.1, 0.15) is 11.3 Å². The van der Waals surface area contributed by atoms with Crippen LogP contribution in [0.25, 0.3) is 0 Å². The summed E-state index contributed by atoms with van der Waals surface area (Å²) in [4.78, 5) is 0. The van der Waals surface area contributed by atoms with Gasteiger partial charge in [-0.2, -0.15) is 0 Å². The van der Waals surface area contributed by atoms with Gasteiger partial charge in [-0.3, -0.25) is 0 Å². The summed E-state index contributed by atoms with van der Waals surface area (Å²) < 4.78 is 12.2. The van der Waals surface area contributed by atoms with E-state index in [0.29, 0.717) is 13.1 Å². The van der Waals surface area contributed by atoms with Gasteiger partial charge in [-0.05, 0) is 17.7 Å². The van der Waals surface area contributed by atoms with Gasteiger partial charge in [-0.1, -0.05) is 5.21 Å². The summed E-state index contributed by atoms with van der Waals surface area (Å²) in [6.45, 7) is 0.988. The fourth-order valence-electron chi connectivity index (χ4n) is 1.65. The highest BCUT2D eigenvalue weighted by Gasteiger charge is 2.04. The highest BCUT2D eigenvalue weighted by molar-refractivity contribution is 5.38. The lowest BCUT2D eigenvalue weighted by Crippen LogP contribution is -2.01. The van der Waals surface area contributed by atoms with E-state index in [2.05, 4.69) is 10.3 Å². The molecule has 1 heterocycles. The van der Waals surface area contributed by atoms with Crippen molar-refractivity contribution in [1.29, 1.82) is 0 Å². The van der Waals surface area contributed by atoms with Gasteiger partial charge in [0.2, 0.25) is 0 Å². The number of methoxy groups -OCH3 is 2. The van der Waals surface area contributed by atoms with Crippen LogP contribution in [0.2, 0.25) is 0 Å². The molecule has 0 bridgehead atoms. The Morgan fingerprint density at radius 3 is 2.33 bits per heavy atom. The van der Waals surface area contributed by atoms with Gasteiger partial charge < -0.3 is 15.2 Å². The number of ether oxygens (including phenoxy) is 2. The highest BCUT2D eigenvalue weighted by Crippen LogP contribution is 2.22. The van der Waals surface area contributed by atoms with Crippen molar-refractivity contribution in [3.8, 4) is 11.5 Å². The van der Waals surface area contributed by atoms with Gasteiger partial charge in [-0.25, -0.2) is 4.68 Å². The van der Waals surface area contributed by atoms with E-state index in [4.69, 9.17) is 15.2 Å². The first-order chi connectivity index (χ1) is 8.75. The SMILES string of the molecule is COc1cc(Cn2cc(CN)nn2)cc(OC)c1. The summed E-state index contributed by atoms with van der Waals surface area (Å²) in [5.41, 5.74) is 7.29. The van der Waals surface area contributed by atoms with Gasteiger partial charge in [-0.15, -0.1) is 5.10 Å². The van der Waals surface area contributed by atoms with Gasteiger partial charge in [0.1, 0.15) is 11.5 Å². The standard InChI is InChI=1S/C12H16N4O2/c1-17-11-3-9(4-12(5-11)18-2)7-16-8-10(6-13)14-15-16/h3-5,8H,6-7,13H2,1-2H3. The molecule has 0 saturated heterocycles. The van der Waals surface area contributed by atoms with Crippen molar-refractivity contribution in [2.24, 2.45) is 5.73 Å². The van der Waals surface area contributed by atoms with Crippen molar-refractivity contribution in [2.75, 3.05) is 14.2 Å². The van der Waals surface area contributed by atoms with E-state index in [9.17, 15) is 0 Å². The zero-order chi connectivity index (χ0) is 13.0. The Balaban J connectivity index is 2.22. The first kappa shape index (κ1) is 12.4. The Morgan fingerprint density at radius 2 is 1.83 bits per heavy atom. The molecular formula is C12H16N4O2. The Hall–Kier alpha value is -2.08. The summed E-state index contributed by atoms with van der Waals surface area (Å²) in [6, 6.07) is 5.70. The molecule has 0 aliphatic heterocycles. The van der Waals surface area contributed by atoms with E-state index >= 15 is 0 Å². The molecular weight excluding hydrogens is 232 g/mol. The molecule has 0 atom stereocenters. The average molecular weight is 248 g/mol. The van der Waals surface area contributed by atoms with Crippen LogP contribution in [-0.4, -0.2) is 29.2 Å². The third kappa shape index (κ3) is 2.78. The van der Waals surface area contributed by atoms with Crippen LogP contribution in [-0.2, 0) is 13.1 Å². The number of rotatable bonds is 5. The first-order valence-electron chi connectivity index (χ1n) is 5.56. The van der Waals surface area contributed by atoms with Crippen LogP contribution >= 0.6 is 0 Å². The summed E-state index contributed by atoms with van der Waals surface area (Å²) in [6.07, 6.45) is 1.83. The normalized spacial score (nSPS) is 10.4. The van der Waals surface area contributed by atoms with Gasteiger partial charge in [0.25, 0.3) is 0 Å². The minimum atomic E-state index is 0.390. The smallest absolute Gasteiger partial charge is 0.122 e. The zero-order valence-electron chi connectivity index (χ0n) is 10.5. The number of hydrogen-bond acceptors (Lipinski definition) is 5. The molecule has 0 unspecified atom stereocenters. The topological polar surface area (TPSA) is 75.2 Å². The second-order valence-electron chi connectivity index (χ2n) is 3.83. The maximum Gasteiger partial charge on any atom is 0.122 e. The molecule has 0 spiro atoms. The van der Waals surface area contributed by atoms with E-state index in [1.54, 1.807) is 18.9 Å². The molecule has 0 fully saturated rings. The molecule has 18 heavy (non-hydrogen) atoms. The Morgan fingerprint density at radius 1 is 1.17 bits per heavy atom. The molecule has 0 radical (unpaired) electrons. The second-order valence-corrected chi connectivity index (χ2v) is 3.83. The number of nitrogens with two attached hydrogens (primary N) is 1. The molecule has 2 rings (SSSR count). The molecule has 0 amide bonds. The van der Waals surface area contributed by atoms with Crippen LogP contribution in [0.15, 0.2) is 24.4 Å². The van der Waals surface area contributed by atoms with Crippen LogP contribution in [0, 0.1) is 0 Å². The van der Waals surface area contributed by atoms with Gasteiger partial charge in [0.15, 0.2) is 0 Å². The maximum atomic E-state index is 5.49. The molecule has 0 aliphatic rings. The van der Waals surface area contributed by atoms with Gasteiger partial charge in [0, 0.05) is 12.6 Å². The quantitative estimate of drug-likeness (QED) is 0.847. The molecule has 2 aromatic rings. The van der Waals surface area contributed by atoms with Gasteiger partial charge in [0.05, 0.1) is 32.7 Å². The van der Waals surface area contributed by atoms with Crippen molar-refractivity contribution in [3.63, 3.8) is 0 Å². The number of aromatic nitrogens is 3. The number of hydrogen-bond donors (Lipinski definition) is 1. The molecule has 0 aliphatic carbocycles. The van der Waals surface area contributed by atoms with Crippen LogP contribution in [0.3, 0.4) is 0 Å². The number of benzene rings is 1. The van der Waals surface area contributed by atoms with Crippen molar-refractivity contribution >= 4 is 0 Å². The van der Waals surface area contributed by atoms with Crippen molar-refractivity contribution in [3.05, 3.63) is 35.7 Å². The first-order valence-corrected chi connectivity index (χ1v) is 5.56. The summed E-state index contributed by atoms with van der Waals surface area (Å²) in [7, 11) is 3.25. The van der Waals surface area contributed by atoms with E-state index in [0.717, 1.165) is 22.8 Å². The summed E-state index contributed by atoms with van der Waals surface area (Å²) >= 11 is 0. The van der Waals surface area contributed by atoms with Gasteiger partial charge >= 0.3 is 0 Å². The molecule has 1 aromatic heterocycles. The lowest BCUT2D eigenvalue weighted by molar-refractivity contribution is 0.393. The van der Waals surface area contributed by atoms with Crippen LogP contribution < -0.4 is 15.2 Å². The molecule has 1 aromatic carbocycles. The fourth-order valence-corrected chi connectivity index (χ4v) is 1.65. The third-order valence-electron chi connectivity index (χ3n) is 2.55. The fraction of sp³-hybridized carbons (Fsp3) is 0.333. The minimum Gasteiger partial charge on any atom is -0.497 e. The van der Waals surface area contributed by atoms with E-state index < -0.39 is 0 Å². The van der Waals surface area contributed by atoms with Crippen LogP contribution in [0.4, 0.5) is 0 Å². The lowest BCUT2D eigenvalue weighted by Gasteiger charge is -2.08. The van der Waals surface area contributed by atoms with Crippen molar-refractivity contribution < 1.29 is 9.47 Å². The second kappa shape index (κ2) is 5.50. The largest absolute Gasteiger partial charge is 0.497 e. The monoisotopic (exact) mass is 248 g/mol. The van der Waals surface area contributed by atoms with E-state index in [1.165, 1.54) is 0 Å². The summed E-state index contributed by atoms with van der Waals surface area (Å²) in [5.74, 6) is 1.51. The maximum absolute atomic E-state index is 5.49. The molecule has 0 saturated carbocycles. The molecule has 6 nitrogen and oxygen atoms in total. The molecule has 96 valence electrons. The predicted molar refractivity (Wildman–Crippen MR) is 66.6 cm³/mol. The predicted octanol–water partition coefficient (Wildman–Crippen LogP) is 0.802. The Bertz CT molecular complexity index is 502. The average Bonchev–Trinajstić information content (AvgIpc) is 2.85. The zero-order valence-corrected chi connectivity index (χ0v) is 10.5. The van der Waals surface area contributed by atoms with Crippen molar-refractivity contribution in [1.82, 2.24) is 15.0 Å². The number of nitrogens with zero attached hydrogens (tertiary/aromatic N) is 3. The minimum absolute atomic E-state index is 0.390. The Kier molecular flexibility index (Phi) is 3.78. The highest BCUT2D eigenvalue weighted by atomic mass is 16.5. The third-order valence-corrected chi connectivity index (χ3v) is 2.55. The van der Waals surface area contributed by atoms with Crippen LogP contribution in [0.5, 0.6) is 11.5 Å². The molecule has 6 heteroatoms. The lowest BCUT2D eigenvalue weighted by atomic mass is 10.2. The Labute approximate surface area is 105 Å². The van der Waals surface area contributed by atoms with E-state index in [-0.39, 0.29) is 0 Å². The summed E-state index contributed by atoms with van der Waals surface area (Å²) in [5, 5.41) is 7.94. The van der Waals surface area contributed by atoms with Crippen molar-refractivity contribution in [2.45, 2.75) is 13.1 Å². The molecule has 2 N–H and O–H groups in total. The van der Waals surface area contributed by atoms with E-state index in [1.807, 2.05) is 24.4 Å².